The van der Waals surface area contributed by atoms with E-state index in [4.69, 9.17) is 22.1 Å². The molecule has 1 aromatic rings. The highest BCUT2D eigenvalue weighted by Gasteiger charge is 2.40. The van der Waals surface area contributed by atoms with Crippen molar-refractivity contribution in [3.8, 4) is 0 Å². The molecule has 0 aromatic heterocycles. The Bertz CT molecular complexity index is 487. The second-order valence-corrected chi connectivity index (χ2v) is 6.07. The average Bonchev–Trinajstić information content (AvgIpc) is 3.19. The molecule has 0 bridgehead atoms. The lowest BCUT2D eigenvalue weighted by Crippen LogP contribution is -2.44. The molecule has 0 spiro atoms. The summed E-state index contributed by atoms with van der Waals surface area (Å²) in [5.74, 6) is -0.0599. The summed E-state index contributed by atoms with van der Waals surface area (Å²) in [6.07, 6.45) is 2.17. The molecule has 5 heteroatoms. The molecule has 4 nitrogen and oxygen atoms in total. The number of hydrogen-bond donors (Lipinski definition) is 1. The molecule has 1 saturated carbocycles. The van der Waals surface area contributed by atoms with E-state index in [0.717, 1.165) is 18.4 Å². The highest BCUT2D eigenvalue weighted by atomic mass is 35.5. The van der Waals surface area contributed by atoms with Crippen molar-refractivity contribution in [1.82, 2.24) is 4.90 Å². The van der Waals surface area contributed by atoms with Gasteiger partial charge in [0, 0.05) is 23.7 Å². The molecular formula is C15H19ClN2O2. The first-order valence-electron chi connectivity index (χ1n) is 7.03. The summed E-state index contributed by atoms with van der Waals surface area (Å²) in [7, 11) is 0. The summed E-state index contributed by atoms with van der Waals surface area (Å²) >= 11 is 5.89. The number of amides is 1. The van der Waals surface area contributed by atoms with Crippen molar-refractivity contribution in [3.63, 3.8) is 0 Å². The minimum atomic E-state index is -0.192. The maximum Gasteiger partial charge on any atom is 0.230 e. The molecule has 2 N–H and O–H groups in total. The molecule has 1 heterocycles. The van der Waals surface area contributed by atoms with Gasteiger partial charge >= 0.3 is 0 Å². The molecule has 0 radical (unpaired) electrons. The summed E-state index contributed by atoms with van der Waals surface area (Å²) in [5.41, 5.74) is 7.06. The van der Waals surface area contributed by atoms with Crippen LogP contribution < -0.4 is 5.73 Å². The fraction of sp³-hybridized carbons (Fsp3) is 0.533. The van der Waals surface area contributed by atoms with E-state index < -0.39 is 0 Å². The van der Waals surface area contributed by atoms with Crippen molar-refractivity contribution in [2.24, 2.45) is 11.7 Å². The fourth-order valence-electron chi connectivity index (χ4n) is 2.60. The molecule has 2 fully saturated rings. The van der Waals surface area contributed by atoms with Gasteiger partial charge in [-0.3, -0.25) is 4.79 Å². The summed E-state index contributed by atoms with van der Waals surface area (Å²) < 4.78 is 5.32. The van der Waals surface area contributed by atoms with Crippen molar-refractivity contribution >= 4 is 17.5 Å². The van der Waals surface area contributed by atoms with Crippen molar-refractivity contribution in [2.75, 3.05) is 13.2 Å². The van der Waals surface area contributed by atoms with E-state index in [0.29, 0.717) is 30.8 Å². The van der Waals surface area contributed by atoms with Crippen LogP contribution in [0.25, 0.3) is 0 Å². The maximum atomic E-state index is 12.6. The Hall–Kier alpha value is -1.10. The molecular weight excluding hydrogens is 276 g/mol. The Kier molecular flexibility index (Phi) is 3.96. The molecule has 2 aliphatic rings. The number of nitrogens with two attached hydrogens (primary N) is 1. The van der Waals surface area contributed by atoms with Gasteiger partial charge in [-0.15, -0.1) is 0 Å². The third-order valence-electron chi connectivity index (χ3n) is 3.98. The topological polar surface area (TPSA) is 55.6 Å². The standard InChI is InChI=1S/C15H19ClN2O2/c16-11-3-1-10(2-4-11)7-18(12-5-6-12)15(19)13-8-20-9-14(13)17/h1-4,12-14H,5-9,17H2. The maximum absolute atomic E-state index is 12.6. The second-order valence-electron chi connectivity index (χ2n) is 5.63. The zero-order chi connectivity index (χ0) is 14.1. The molecule has 2 atom stereocenters. The number of halogens is 1. The molecule has 2 unspecified atom stereocenters. The Morgan fingerprint density at radius 3 is 2.55 bits per heavy atom. The van der Waals surface area contributed by atoms with Crippen molar-refractivity contribution < 1.29 is 9.53 Å². The molecule has 108 valence electrons. The zero-order valence-electron chi connectivity index (χ0n) is 11.3. The zero-order valence-corrected chi connectivity index (χ0v) is 12.1. The summed E-state index contributed by atoms with van der Waals surface area (Å²) in [5, 5.41) is 0.712. The van der Waals surface area contributed by atoms with Crippen LogP contribution in [0.5, 0.6) is 0 Å². The monoisotopic (exact) mass is 294 g/mol. The lowest BCUT2D eigenvalue weighted by molar-refractivity contribution is -0.137. The molecule has 3 rings (SSSR count). The molecule has 1 amide bonds. The van der Waals surface area contributed by atoms with Gasteiger partial charge in [0.05, 0.1) is 19.1 Å². The van der Waals surface area contributed by atoms with Crippen LogP contribution in [0, 0.1) is 5.92 Å². The summed E-state index contributed by atoms with van der Waals surface area (Å²) in [6.45, 7) is 1.56. The normalized spacial score (nSPS) is 25.7. The Morgan fingerprint density at radius 2 is 2.00 bits per heavy atom. The van der Waals surface area contributed by atoms with Gasteiger partial charge in [-0.1, -0.05) is 23.7 Å². The Labute approximate surface area is 123 Å². The van der Waals surface area contributed by atoms with Crippen molar-refractivity contribution in [3.05, 3.63) is 34.9 Å². The van der Waals surface area contributed by atoms with E-state index in [1.807, 2.05) is 29.2 Å². The fourth-order valence-corrected chi connectivity index (χ4v) is 2.72. The predicted octanol–water partition coefficient (Wildman–Crippen LogP) is 1.80. The van der Waals surface area contributed by atoms with Crippen LogP contribution in [0.2, 0.25) is 5.02 Å². The first kappa shape index (κ1) is 13.9. The largest absolute Gasteiger partial charge is 0.379 e. The van der Waals surface area contributed by atoms with Crippen molar-refractivity contribution in [2.45, 2.75) is 31.5 Å². The van der Waals surface area contributed by atoms with Crippen LogP contribution in [-0.2, 0) is 16.1 Å². The summed E-state index contributed by atoms with van der Waals surface area (Å²) in [4.78, 5) is 14.6. The van der Waals surface area contributed by atoms with E-state index in [-0.39, 0.29) is 17.9 Å². The van der Waals surface area contributed by atoms with E-state index in [1.54, 1.807) is 0 Å². The van der Waals surface area contributed by atoms with Gasteiger partial charge in [-0.05, 0) is 30.5 Å². The third-order valence-corrected chi connectivity index (χ3v) is 4.23. The minimum Gasteiger partial charge on any atom is -0.379 e. The highest BCUT2D eigenvalue weighted by Crippen LogP contribution is 2.31. The number of hydrogen-bond acceptors (Lipinski definition) is 3. The van der Waals surface area contributed by atoms with Gasteiger partial charge in [0.15, 0.2) is 0 Å². The van der Waals surface area contributed by atoms with Crippen LogP contribution in [-0.4, -0.2) is 36.1 Å². The average molecular weight is 295 g/mol. The van der Waals surface area contributed by atoms with Gasteiger partial charge in [-0.25, -0.2) is 0 Å². The lowest BCUT2D eigenvalue weighted by atomic mass is 10.0. The Morgan fingerprint density at radius 1 is 1.30 bits per heavy atom. The van der Waals surface area contributed by atoms with Gasteiger partial charge in [0.1, 0.15) is 0 Å². The Balaban J connectivity index is 1.72. The predicted molar refractivity (Wildman–Crippen MR) is 77.3 cm³/mol. The SMILES string of the molecule is NC1COCC1C(=O)N(Cc1ccc(Cl)cc1)C1CC1. The first-order valence-corrected chi connectivity index (χ1v) is 7.41. The number of rotatable bonds is 4. The van der Waals surface area contributed by atoms with E-state index in [9.17, 15) is 4.79 Å². The van der Waals surface area contributed by atoms with E-state index in [2.05, 4.69) is 0 Å². The van der Waals surface area contributed by atoms with Crippen LogP contribution in [0.1, 0.15) is 18.4 Å². The molecule has 1 aromatic carbocycles. The third kappa shape index (κ3) is 2.97. The van der Waals surface area contributed by atoms with Gasteiger partial charge in [0.2, 0.25) is 5.91 Å². The number of carbonyl (C=O) groups excluding carboxylic acids is 1. The van der Waals surface area contributed by atoms with E-state index in [1.165, 1.54) is 0 Å². The second kappa shape index (κ2) is 5.72. The first-order chi connectivity index (χ1) is 9.65. The number of ether oxygens (including phenoxy) is 1. The minimum absolute atomic E-state index is 0.132. The quantitative estimate of drug-likeness (QED) is 0.921. The van der Waals surface area contributed by atoms with Crippen LogP contribution in [0.3, 0.4) is 0 Å². The van der Waals surface area contributed by atoms with Gasteiger partial charge < -0.3 is 15.4 Å². The number of benzene rings is 1. The van der Waals surface area contributed by atoms with Crippen molar-refractivity contribution in [1.29, 1.82) is 0 Å². The highest BCUT2D eigenvalue weighted by molar-refractivity contribution is 6.30. The smallest absolute Gasteiger partial charge is 0.230 e. The van der Waals surface area contributed by atoms with E-state index >= 15 is 0 Å². The summed E-state index contributed by atoms with van der Waals surface area (Å²) in [6, 6.07) is 7.85. The van der Waals surface area contributed by atoms with Gasteiger partial charge in [0.25, 0.3) is 0 Å². The molecule has 1 aliphatic heterocycles. The molecule has 1 saturated heterocycles. The van der Waals surface area contributed by atoms with Gasteiger partial charge in [-0.2, -0.15) is 0 Å². The number of nitrogens with zero attached hydrogens (tertiary/aromatic N) is 1. The van der Waals surface area contributed by atoms with Crippen LogP contribution >= 0.6 is 11.6 Å². The lowest BCUT2D eigenvalue weighted by Gasteiger charge is -2.26. The van der Waals surface area contributed by atoms with Crippen LogP contribution in [0.15, 0.2) is 24.3 Å². The van der Waals surface area contributed by atoms with Crippen LogP contribution in [0.4, 0.5) is 0 Å². The molecule has 20 heavy (non-hydrogen) atoms. The number of carbonyl (C=O) groups is 1. The molecule has 1 aliphatic carbocycles.